The fraction of sp³-hybridized carbons (Fsp3) is 0.600. The first kappa shape index (κ1) is 18.1. The maximum absolute atomic E-state index is 13.0. The maximum Gasteiger partial charge on any atom is 0.255 e. The molecule has 1 spiro atoms. The molecule has 7 heteroatoms. The number of ether oxygens (including phenoxy) is 2. The molecule has 2 fully saturated rings. The minimum absolute atomic E-state index is 0.0471. The number of piperidine rings is 2. The molecule has 3 aliphatic rings. The summed E-state index contributed by atoms with van der Waals surface area (Å²) in [6, 6.07) is 5.28. The zero-order valence-corrected chi connectivity index (χ0v) is 15.8. The highest BCUT2D eigenvalue weighted by atomic mass is 16.5. The van der Waals surface area contributed by atoms with Crippen molar-refractivity contribution in [1.82, 2.24) is 15.5 Å². The van der Waals surface area contributed by atoms with Crippen LogP contribution in [0.25, 0.3) is 0 Å². The van der Waals surface area contributed by atoms with Crippen molar-refractivity contribution in [2.45, 2.75) is 31.3 Å². The summed E-state index contributed by atoms with van der Waals surface area (Å²) in [5, 5.41) is 6.30. The Kier molecular flexibility index (Phi) is 4.95. The number of fused-ring (bicyclic) bond motifs is 1. The van der Waals surface area contributed by atoms with E-state index < -0.39 is 5.60 Å². The molecule has 146 valence electrons. The van der Waals surface area contributed by atoms with Crippen molar-refractivity contribution >= 4 is 11.8 Å². The number of nitrogens with one attached hydrogen (secondary N) is 2. The molecule has 1 aromatic carbocycles. The second-order valence-electron chi connectivity index (χ2n) is 7.74. The minimum Gasteiger partial charge on any atom is -0.497 e. The van der Waals surface area contributed by atoms with E-state index in [2.05, 4.69) is 10.6 Å². The highest BCUT2D eigenvalue weighted by Gasteiger charge is 2.43. The summed E-state index contributed by atoms with van der Waals surface area (Å²) in [7, 11) is 1.57. The van der Waals surface area contributed by atoms with Crippen LogP contribution in [0.5, 0.6) is 11.5 Å². The lowest BCUT2D eigenvalue weighted by Crippen LogP contribution is -2.59. The fourth-order valence-electron chi connectivity index (χ4n) is 4.34. The average molecular weight is 373 g/mol. The van der Waals surface area contributed by atoms with E-state index >= 15 is 0 Å². The van der Waals surface area contributed by atoms with E-state index in [1.54, 1.807) is 25.3 Å². The van der Waals surface area contributed by atoms with Crippen molar-refractivity contribution in [2.75, 3.05) is 39.8 Å². The molecule has 0 radical (unpaired) electrons. The van der Waals surface area contributed by atoms with Gasteiger partial charge in [0, 0.05) is 13.1 Å². The van der Waals surface area contributed by atoms with Gasteiger partial charge in [-0.25, -0.2) is 0 Å². The van der Waals surface area contributed by atoms with Crippen molar-refractivity contribution in [3.8, 4) is 11.5 Å². The van der Waals surface area contributed by atoms with Crippen LogP contribution in [0.3, 0.4) is 0 Å². The van der Waals surface area contributed by atoms with Gasteiger partial charge in [0.1, 0.15) is 17.1 Å². The second kappa shape index (κ2) is 7.38. The van der Waals surface area contributed by atoms with Crippen LogP contribution in [-0.2, 0) is 4.79 Å². The molecule has 2 saturated heterocycles. The van der Waals surface area contributed by atoms with Gasteiger partial charge in [-0.3, -0.25) is 9.59 Å². The van der Waals surface area contributed by atoms with Crippen LogP contribution in [0.4, 0.5) is 0 Å². The average Bonchev–Trinajstić information content (AvgIpc) is 2.84. The topological polar surface area (TPSA) is 79.9 Å². The van der Waals surface area contributed by atoms with Crippen LogP contribution < -0.4 is 20.1 Å². The van der Waals surface area contributed by atoms with Crippen LogP contribution >= 0.6 is 0 Å². The first-order valence-corrected chi connectivity index (χ1v) is 9.75. The number of hydrogen-bond acceptors (Lipinski definition) is 5. The molecule has 2 N–H and O–H groups in total. The van der Waals surface area contributed by atoms with Crippen molar-refractivity contribution in [3.05, 3.63) is 23.8 Å². The number of carbonyl (C=O) groups is 2. The standard InChI is InChI=1S/C20H27N3O4/c1-26-15-5-6-17-16(10-15)18(24)22-12-20(27-17)7-3-9-23(13-20)19(25)14-4-2-8-21-11-14/h5-6,10,14,21H,2-4,7-9,11-13H2,1H3,(H,22,24)/t14-,20-/m1/s1. The van der Waals surface area contributed by atoms with Crippen molar-refractivity contribution in [3.63, 3.8) is 0 Å². The van der Waals surface area contributed by atoms with Gasteiger partial charge in [0.05, 0.1) is 31.7 Å². The van der Waals surface area contributed by atoms with E-state index in [9.17, 15) is 9.59 Å². The van der Waals surface area contributed by atoms with E-state index in [-0.39, 0.29) is 17.7 Å². The van der Waals surface area contributed by atoms with Crippen LogP contribution in [-0.4, -0.2) is 62.1 Å². The molecule has 0 aliphatic carbocycles. The van der Waals surface area contributed by atoms with Crippen molar-refractivity contribution in [2.24, 2.45) is 5.92 Å². The molecule has 2 atom stereocenters. The number of methoxy groups -OCH3 is 1. The fourth-order valence-corrected chi connectivity index (χ4v) is 4.34. The lowest BCUT2D eigenvalue weighted by molar-refractivity contribution is -0.141. The predicted molar refractivity (Wildman–Crippen MR) is 100 cm³/mol. The van der Waals surface area contributed by atoms with Gasteiger partial charge in [-0.1, -0.05) is 0 Å². The number of hydrogen-bond donors (Lipinski definition) is 2. The smallest absolute Gasteiger partial charge is 0.255 e. The van der Waals surface area contributed by atoms with E-state index in [1.165, 1.54) is 0 Å². The Bertz CT molecular complexity index is 732. The molecular weight excluding hydrogens is 346 g/mol. The van der Waals surface area contributed by atoms with Crippen LogP contribution in [0, 0.1) is 5.92 Å². The van der Waals surface area contributed by atoms with E-state index in [0.29, 0.717) is 30.2 Å². The van der Waals surface area contributed by atoms with Gasteiger partial charge in [-0.05, 0) is 50.4 Å². The number of amides is 2. The third-order valence-corrected chi connectivity index (χ3v) is 5.83. The molecule has 7 nitrogen and oxygen atoms in total. The predicted octanol–water partition coefficient (Wildman–Crippen LogP) is 1.18. The van der Waals surface area contributed by atoms with E-state index in [0.717, 1.165) is 45.3 Å². The van der Waals surface area contributed by atoms with Gasteiger partial charge in [0.2, 0.25) is 5.91 Å². The first-order chi connectivity index (χ1) is 13.1. The molecule has 3 heterocycles. The first-order valence-electron chi connectivity index (χ1n) is 9.75. The third kappa shape index (κ3) is 3.60. The number of likely N-dealkylation sites (tertiary alicyclic amines) is 1. The summed E-state index contributed by atoms with van der Waals surface area (Å²) >= 11 is 0. The summed E-state index contributed by atoms with van der Waals surface area (Å²) in [6.45, 7) is 3.40. The zero-order valence-electron chi connectivity index (χ0n) is 15.8. The second-order valence-corrected chi connectivity index (χ2v) is 7.74. The van der Waals surface area contributed by atoms with Gasteiger partial charge in [0.15, 0.2) is 0 Å². The zero-order chi connectivity index (χ0) is 18.9. The summed E-state index contributed by atoms with van der Waals surface area (Å²) in [6.07, 6.45) is 3.66. The van der Waals surface area contributed by atoms with Gasteiger partial charge >= 0.3 is 0 Å². The number of rotatable bonds is 2. The Morgan fingerprint density at radius 1 is 1.37 bits per heavy atom. The molecule has 2 amide bonds. The molecule has 0 unspecified atom stereocenters. The van der Waals surface area contributed by atoms with Gasteiger partial charge in [-0.2, -0.15) is 0 Å². The largest absolute Gasteiger partial charge is 0.497 e. The molecule has 3 aliphatic heterocycles. The highest BCUT2D eigenvalue weighted by molar-refractivity contribution is 5.97. The SMILES string of the molecule is COc1ccc2c(c1)C(=O)NC[C@@]1(CCCN(C(=O)[C@@H]3CCCNC3)C1)O2. The minimum atomic E-state index is -0.578. The lowest BCUT2D eigenvalue weighted by Gasteiger charge is -2.43. The number of nitrogens with zero attached hydrogens (tertiary/aromatic N) is 1. The monoisotopic (exact) mass is 373 g/mol. The Morgan fingerprint density at radius 3 is 3.04 bits per heavy atom. The Hall–Kier alpha value is -2.28. The Labute approximate surface area is 159 Å². The normalized spacial score (nSPS) is 28.0. The number of benzene rings is 1. The van der Waals surface area contributed by atoms with Crippen LogP contribution in [0.1, 0.15) is 36.0 Å². The highest BCUT2D eigenvalue weighted by Crippen LogP contribution is 2.34. The Morgan fingerprint density at radius 2 is 2.26 bits per heavy atom. The van der Waals surface area contributed by atoms with Crippen molar-refractivity contribution < 1.29 is 19.1 Å². The summed E-state index contributed by atoms with van der Waals surface area (Å²) in [5.74, 6) is 1.26. The third-order valence-electron chi connectivity index (χ3n) is 5.83. The number of carbonyl (C=O) groups excluding carboxylic acids is 2. The molecule has 0 saturated carbocycles. The van der Waals surface area contributed by atoms with E-state index in [4.69, 9.17) is 9.47 Å². The summed E-state index contributed by atoms with van der Waals surface area (Å²) in [4.78, 5) is 27.4. The molecule has 27 heavy (non-hydrogen) atoms. The van der Waals surface area contributed by atoms with E-state index in [1.807, 2.05) is 4.90 Å². The summed E-state index contributed by atoms with van der Waals surface area (Å²) < 4.78 is 11.6. The van der Waals surface area contributed by atoms with Crippen LogP contribution in [0.2, 0.25) is 0 Å². The van der Waals surface area contributed by atoms with Gasteiger partial charge in [-0.15, -0.1) is 0 Å². The molecule has 0 aromatic heterocycles. The molecule has 1 aromatic rings. The van der Waals surface area contributed by atoms with Crippen molar-refractivity contribution in [1.29, 1.82) is 0 Å². The van der Waals surface area contributed by atoms with Gasteiger partial charge < -0.3 is 25.0 Å². The Balaban J connectivity index is 1.55. The lowest BCUT2D eigenvalue weighted by atomic mass is 9.90. The molecule has 4 rings (SSSR count). The van der Waals surface area contributed by atoms with Crippen LogP contribution in [0.15, 0.2) is 18.2 Å². The molecule has 0 bridgehead atoms. The molecular formula is C20H27N3O4. The summed E-state index contributed by atoms with van der Waals surface area (Å²) in [5.41, 5.74) is -0.1000. The quantitative estimate of drug-likeness (QED) is 0.814. The van der Waals surface area contributed by atoms with Gasteiger partial charge in [0.25, 0.3) is 5.91 Å². The maximum atomic E-state index is 13.0.